The Kier molecular flexibility index (Phi) is 7.04. The number of pyridine rings is 1. The van der Waals surface area contributed by atoms with Crippen LogP contribution in [0.5, 0.6) is 11.5 Å². The number of hydrogen-bond acceptors (Lipinski definition) is 5. The first kappa shape index (κ1) is 24.9. The maximum atomic E-state index is 14.9. The van der Waals surface area contributed by atoms with E-state index in [1.54, 1.807) is 0 Å². The molecular weight excluding hydrogens is 489 g/mol. The second-order valence-corrected chi connectivity index (χ2v) is 7.72. The van der Waals surface area contributed by atoms with E-state index in [0.29, 0.717) is 0 Å². The quantitative estimate of drug-likeness (QED) is 0.489. The Hall–Kier alpha value is -4.22. The molecule has 1 aromatic heterocycles. The molecule has 0 spiro atoms. The van der Waals surface area contributed by atoms with Crippen molar-refractivity contribution < 1.29 is 41.0 Å². The third-order valence-corrected chi connectivity index (χ3v) is 5.60. The number of amides is 2. The zero-order valence-electron chi connectivity index (χ0n) is 18.6. The summed E-state index contributed by atoms with van der Waals surface area (Å²) >= 11 is 0. The highest BCUT2D eigenvalue weighted by Crippen LogP contribution is 2.36. The normalized spacial score (nSPS) is 17.4. The Bertz CT molecular complexity index is 1270. The molecule has 4 rings (SSSR count). The van der Waals surface area contributed by atoms with Crippen molar-refractivity contribution in [2.24, 2.45) is 0 Å². The predicted molar refractivity (Wildman–Crippen MR) is 117 cm³/mol. The summed E-state index contributed by atoms with van der Waals surface area (Å²) in [6.07, 6.45) is 1.24. The largest absolute Gasteiger partial charge is 0.497 e. The summed E-state index contributed by atoms with van der Waals surface area (Å²) in [5.74, 6) is -6.52. The summed E-state index contributed by atoms with van der Waals surface area (Å²) in [7, 11) is 1.22. The van der Waals surface area contributed by atoms with Crippen molar-refractivity contribution in [1.29, 1.82) is 0 Å². The molecule has 3 aromatic rings. The number of hydrogen-bond donors (Lipinski definition) is 1. The summed E-state index contributed by atoms with van der Waals surface area (Å²) in [6, 6.07) is 7.29. The monoisotopic (exact) mass is 507 g/mol. The molecule has 7 nitrogen and oxygen atoms in total. The Labute approximate surface area is 201 Å². The Balaban J connectivity index is 1.69. The van der Waals surface area contributed by atoms with Gasteiger partial charge in [-0.2, -0.15) is 8.78 Å². The fourth-order valence-electron chi connectivity index (χ4n) is 3.96. The maximum Gasteiger partial charge on any atom is 0.387 e. The fourth-order valence-corrected chi connectivity index (χ4v) is 3.96. The van der Waals surface area contributed by atoms with Crippen LogP contribution in [0.2, 0.25) is 0 Å². The molecule has 12 heteroatoms. The number of rotatable bonds is 7. The summed E-state index contributed by atoms with van der Waals surface area (Å²) < 4.78 is 78.1. The van der Waals surface area contributed by atoms with Gasteiger partial charge in [0.15, 0.2) is 11.6 Å². The number of anilines is 1. The van der Waals surface area contributed by atoms with Crippen LogP contribution in [0.3, 0.4) is 0 Å². The first-order chi connectivity index (χ1) is 17.2. The molecule has 36 heavy (non-hydrogen) atoms. The number of nitrogens with zero attached hydrogens (tertiary/aromatic N) is 2. The third-order valence-electron chi connectivity index (χ3n) is 5.60. The van der Waals surface area contributed by atoms with Gasteiger partial charge in [-0.3, -0.25) is 14.5 Å². The second-order valence-electron chi connectivity index (χ2n) is 7.72. The molecule has 1 N–H and O–H groups in total. The molecule has 188 valence electrons. The van der Waals surface area contributed by atoms with Gasteiger partial charge in [0.05, 0.1) is 7.11 Å². The third kappa shape index (κ3) is 4.92. The number of methoxy groups -OCH3 is 1. The Morgan fingerprint density at radius 3 is 2.31 bits per heavy atom. The molecule has 1 aliphatic rings. The van der Waals surface area contributed by atoms with E-state index in [1.807, 2.05) is 0 Å². The number of alkyl halides is 2. The lowest BCUT2D eigenvalue weighted by Gasteiger charge is -2.20. The van der Waals surface area contributed by atoms with Crippen LogP contribution < -0.4 is 19.7 Å². The van der Waals surface area contributed by atoms with Crippen molar-refractivity contribution >= 4 is 17.6 Å². The first-order valence-electron chi connectivity index (χ1n) is 10.5. The lowest BCUT2D eigenvalue weighted by Crippen LogP contribution is -2.44. The van der Waals surface area contributed by atoms with Gasteiger partial charge < -0.3 is 14.8 Å². The molecule has 1 saturated heterocycles. The zero-order chi connectivity index (χ0) is 26.0. The minimum atomic E-state index is -3.06. The molecule has 0 bridgehead atoms. The van der Waals surface area contributed by atoms with Crippen LogP contribution in [-0.4, -0.2) is 43.1 Å². The summed E-state index contributed by atoms with van der Waals surface area (Å²) in [5, 5.41) is 2.42. The van der Waals surface area contributed by atoms with Gasteiger partial charge in [-0.15, -0.1) is 0 Å². The second kappa shape index (κ2) is 10.2. The number of halogens is 5. The van der Waals surface area contributed by atoms with Crippen molar-refractivity contribution in [3.8, 4) is 11.5 Å². The van der Waals surface area contributed by atoms with Crippen LogP contribution in [0.1, 0.15) is 21.8 Å². The van der Waals surface area contributed by atoms with Crippen LogP contribution in [0, 0.1) is 17.5 Å². The highest BCUT2D eigenvalue weighted by molar-refractivity contribution is 6.04. The molecule has 0 unspecified atom stereocenters. The fraction of sp³-hybridized carbons (Fsp3) is 0.208. The summed E-state index contributed by atoms with van der Waals surface area (Å²) in [6.45, 7) is -3.45. The van der Waals surface area contributed by atoms with Gasteiger partial charge in [-0.05, 0) is 36.4 Å². The molecule has 2 heterocycles. The molecule has 2 aromatic carbocycles. The van der Waals surface area contributed by atoms with Crippen molar-refractivity contribution in [1.82, 2.24) is 10.3 Å². The van der Waals surface area contributed by atoms with E-state index in [2.05, 4.69) is 15.0 Å². The maximum absolute atomic E-state index is 14.9. The molecule has 0 radical (unpaired) electrons. The molecular formula is C24H18F5N3O4. The van der Waals surface area contributed by atoms with E-state index in [4.69, 9.17) is 4.74 Å². The SMILES string of the molecule is COc1cc(F)c([C@@H]2CN(c3ncccc3F)C(=O)[C@H]2NC(=O)c2ccc(OC(F)F)cc2)c(F)c1. The van der Waals surface area contributed by atoms with Gasteiger partial charge >= 0.3 is 6.61 Å². The Morgan fingerprint density at radius 2 is 1.72 bits per heavy atom. The lowest BCUT2D eigenvalue weighted by atomic mass is 9.92. The number of carbonyl (C=O) groups excluding carboxylic acids is 2. The predicted octanol–water partition coefficient (Wildman–Crippen LogP) is 4.04. The average Bonchev–Trinajstić information content (AvgIpc) is 3.14. The van der Waals surface area contributed by atoms with Crippen molar-refractivity contribution in [3.63, 3.8) is 0 Å². The minimum absolute atomic E-state index is 0.0405. The van der Waals surface area contributed by atoms with Gasteiger partial charge in [-0.25, -0.2) is 18.2 Å². The van der Waals surface area contributed by atoms with E-state index in [1.165, 1.54) is 31.5 Å². The summed E-state index contributed by atoms with van der Waals surface area (Å²) in [5.41, 5.74) is -0.546. The van der Waals surface area contributed by atoms with Gasteiger partial charge in [0.1, 0.15) is 29.2 Å². The van der Waals surface area contributed by atoms with Crippen LogP contribution >= 0.6 is 0 Å². The van der Waals surface area contributed by atoms with E-state index in [9.17, 15) is 31.5 Å². The number of benzene rings is 2. The highest BCUT2D eigenvalue weighted by Gasteiger charge is 2.46. The van der Waals surface area contributed by atoms with Crippen molar-refractivity contribution in [2.45, 2.75) is 18.6 Å². The van der Waals surface area contributed by atoms with Gasteiger partial charge in [0.2, 0.25) is 0 Å². The smallest absolute Gasteiger partial charge is 0.387 e. The molecule has 2 atom stereocenters. The number of aromatic nitrogens is 1. The molecule has 1 aliphatic heterocycles. The van der Waals surface area contributed by atoms with E-state index in [0.717, 1.165) is 35.2 Å². The van der Waals surface area contributed by atoms with Gasteiger partial charge in [0.25, 0.3) is 11.8 Å². The molecule has 1 fully saturated rings. The highest BCUT2D eigenvalue weighted by atomic mass is 19.3. The number of ether oxygens (including phenoxy) is 2. The first-order valence-corrected chi connectivity index (χ1v) is 10.5. The van der Waals surface area contributed by atoms with Crippen LogP contribution in [0.25, 0.3) is 0 Å². The summed E-state index contributed by atoms with van der Waals surface area (Å²) in [4.78, 5) is 30.9. The van der Waals surface area contributed by atoms with Crippen LogP contribution in [-0.2, 0) is 4.79 Å². The lowest BCUT2D eigenvalue weighted by molar-refractivity contribution is -0.118. The molecule has 0 saturated carbocycles. The van der Waals surface area contributed by atoms with Crippen molar-refractivity contribution in [2.75, 3.05) is 18.6 Å². The number of carbonyl (C=O) groups is 2. The van der Waals surface area contributed by atoms with Crippen molar-refractivity contribution in [3.05, 3.63) is 83.3 Å². The molecule has 0 aliphatic carbocycles. The Morgan fingerprint density at radius 1 is 1.06 bits per heavy atom. The van der Waals surface area contributed by atoms with E-state index < -0.39 is 53.4 Å². The standard InChI is InChI=1S/C24H18F5N3O4/c1-35-14-9-17(26)19(18(27)10-14)15-11-32(21-16(25)3-2-8-30-21)23(34)20(15)31-22(33)12-4-6-13(7-5-12)36-24(28)29/h2-10,15,20,24H,11H2,1H3,(H,31,33)/t15-,20-/m0/s1. The molecule has 2 amide bonds. The number of nitrogens with one attached hydrogen (secondary N) is 1. The average molecular weight is 507 g/mol. The van der Waals surface area contributed by atoms with Gasteiger partial charge in [0, 0.05) is 41.9 Å². The van der Waals surface area contributed by atoms with Crippen LogP contribution in [0.4, 0.5) is 27.8 Å². The van der Waals surface area contributed by atoms with E-state index in [-0.39, 0.29) is 29.4 Å². The zero-order valence-corrected chi connectivity index (χ0v) is 18.6. The van der Waals surface area contributed by atoms with Gasteiger partial charge in [-0.1, -0.05) is 0 Å². The minimum Gasteiger partial charge on any atom is -0.497 e. The van der Waals surface area contributed by atoms with E-state index >= 15 is 0 Å². The van der Waals surface area contributed by atoms with Crippen LogP contribution in [0.15, 0.2) is 54.7 Å². The topological polar surface area (TPSA) is 80.8 Å².